The van der Waals surface area contributed by atoms with E-state index in [2.05, 4.69) is 5.32 Å². The van der Waals surface area contributed by atoms with Gasteiger partial charge in [0.05, 0.1) is 37.1 Å². The highest BCUT2D eigenvalue weighted by Gasteiger charge is 2.18. The fraction of sp³-hybridized carbons (Fsp3) is 0.533. The number of rotatable bonds is 6. The van der Waals surface area contributed by atoms with Crippen LogP contribution in [0, 0.1) is 0 Å². The number of hydrogen-bond donors (Lipinski definition) is 2. The molecule has 1 saturated heterocycles. The molecule has 3 N–H and O–H groups in total. The molecule has 128 valence electrons. The molecule has 1 atom stereocenters. The van der Waals surface area contributed by atoms with Gasteiger partial charge in [0.1, 0.15) is 0 Å². The number of amides is 1. The normalized spacial score (nSPS) is 18.5. The first-order valence-corrected chi connectivity index (χ1v) is 7.40. The maximum absolute atomic E-state index is 11.9. The number of fused-ring (bicyclic) bond motifs is 1. The predicted octanol–water partition coefficient (Wildman–Crippen LogP) is 1.94. The quantitative estimate of drug-likeness (QED) is 0.605. The predicted molar refractivity (Wildman–Crippen MR) is 87.3 cm³/mol. The summed E-state index contributed by atoms with van der Waals surface area (Å²) in [6.45, 7) is 1.87. The maximum atomic E-state index is 11.9. The first-order valence-electron chi connectivity index (χ1n) is 7.40. The topological polar surface area (TPSA) is 92.0 Å². The summed E-state index contributed by atoms with van der Waals surface area (Å²) < 4.78 is 21.4. The van der Waals surface area contributed by atoms with E-state index in [4.69, 9.17) is 24.7 Å². The number of carbonyl (C=O) groups is 1. The van der Waals surface area contributed by atoms with E-state index in [-0.39, 0.29) is 37.6 Å². The van der Waals surface area contributed by atoms with Gasteiger partial charge in [0.25, 0.3) is 0 Å². The summed E-state index contributed by atoms with van der Waals surface area (Å²) in [4.78, 5) is 11.9. The number of benzene rings is 1. The van der Waals surface area contributed by atoms with Crippen LogP contribution in [0.1, 0.15) is 19.3 Å². The summed E-state index contributed by atoms with van der Waals surface area (Å²) in [5.74, 6) is 1.02. The van der Waals surface area contributed by atoms with Gasteiger partial charge in [0, 0.05) is 18.7 Å². The van der Waals surface area contributed by atoms with Crippen molar-refractivity contribution >= 4 is 29.7 Å². The lowest BCUT2D eigenvalue weighted by Crippen LogP contribution is -2.18. The Kier molecular flexibility index (Phi) is 6.32. The lowest BCUT2D eigenvalue weighted by molar-refractivity contribution is -0.117. The highest BCUT2D eigenvalue weighted by atomic mass is 35.5. The van der Waals surface area contributed by atoms with E-state index in [1.54, 1.807) is 12.1 Å². The van der Waals surface area contributed by atoms with Crippen molar-refractivity contribution in [2.75, 3.05) is 37.7 Å². The van der Waals surface area contributed by atoms with Crippen LogP contribution in [0.15, 0.2) is 12.1 Å². The molecule has 2 aliphatic heterocycles. The molecule has 1 aromatic carbocycles. The maximum Gasteiger partial charge on any atom is 0.231 e. The van der Waals surface area contributed by atoms with Crippen molar-refractivity contribution in [2.45, 2.75) is 25.4 Å². The molecule has 0 bridgehead atoms. The average molecular weight is 345 g/mol. The molecule has 1 amide bonds. The van der Waals surface area contributed by atoms with Crippen molar-refractivity contribution in [1.82, 2.24) is 0 Å². The van der Waals surface area contributed by atoms with Crippen molar-refractivity contribution < 1.29 is 23.7 Å². The smallest absolute Gasteiger partial charge is 0.231 e. The van der Waals surface area contributed by atoms with Crippen LogP contribution in [0.25, 0.3) is 0 Å². The van der Waals surface area contributed by atoms with Gasteiger partial charge in [-0.3, -0.25) is 4.79 Å². The second kappa shape index (κ2) is 8.24. The van der Waals surface area contributed by atoms with Gasteiger partial charge < -0.3 is 30.0 Å². The third-order valence-corrected chi connectivity index (χ3v) is 3.62. The molecule has 2 aliphatic rings. The van der Waals surface area contributed by atoms with E-state index in [9.17, 15) is 4.79 Å². The number of nitrogens with one attached hydrogen (secondary N) is 1. The van der Waals surface area contributed by atoms with Crippen LogP contribution in [0.2, 0.25) is 0 Å². The number of halogens is 1. The van der Waals surface area contributed by atoms with Gasteiger partial charge >= 0.3 is 0 Å². The molecule has 0 spiro atoms. The molecule has 1 aromatic rings. The highest BCUT2D eigenvalue weighted by molar-refractivity contribution is 5.94. The van der Waals surface area contributed by atoms with Crippen LogP contribution < -0.4 is 20.5 Å². The minimum absolute atomic E-state index is 0. The van der Waals surface area contributed by atoms with Crippen LogP contribution in [0.3, 0.4) is 0 Å². The summed E-state index contributed by atoms with van der Waals surface area (Å²) in [6.07, 6.45) is 2.55. The van der Waals surface area contributed by atoms with Crippen LogP contribution in [0.4, 0.5) is 11.4 Å². The Hall–Kier alpha value is -1.70. The third-order valence-electron chi connectivity index (χ3n) is 3.62. The Balaban J connectivity index is 0.00000192. The second-order valence-electron chi connectivity index (χ2n) is 5.30. The number of ether oxygens (including phenoxy) is 4. The number of anilines is 2. The molecule has 3 rings (SSSR count). The average Bonchev–Trinajstić information content (AvgIpc) is 3.15. The SMILES string of the molecule is Cl.Nc1cc2c(cc1NC(=O)CCOCC1CCCO1)OCO2. The lowest BCUT2D eigenvalue weighted by Gasteiger charge is -2.11. The van der Waals surface area contributed by atoms with Gasteiger partial charge in [-0.15, -0.1) is 12.4 Å². The van der Waals surface area contributed by atoms with Crippen LogP contribution >= 0.6 is 12.4 Å². The number of nitrogen functional groups attached to an aromatic ring is 1. The van der Waals surface area contributed by atoms with Gasteiger partial charge in [0.2, 0.25) is 12.7 Å². The molecule has 23 heavy (non-hydrogen) atoms. The van der Waals surface area contributed by atoms with Crippen molar-refractivity contribution in [3.63, 3.8) is 0 Å². The van der Waals surface area contributed by atoms with Crippen molar-refractivity contribution in [3.05, 3.63) is 12.1 Å². The van der Waals surface area contributed by atoms with Crippen molar-refractivity contribution in [2.24, 2.45) is 0 Å². The van der Waals surface area contributed by atoms with E-state index in [1.807, 2.05) is 0 Å². The molecule has 0 aromatic heterocycles. The second-order valence-corrected chi connectivity index (χ2v) is 5.30. The van der Waals surface area contributed by atoms with Crippen molar-refractivity contribution in [3.8, 4) is 11.5 Å². The Bertz CT molecular complexity index is 549. The number of carbonyl (C=O) groups excluding carboxylic acids is 1. The summed E-state index contributed by atoms with van der Waals surface area (Å²) in [7, 11) is 0. The Morgan fingerprint density at radius 2 is 2.13 bits per heavy atom. The molecule has 0 radical (unpaired) electrons. The summed E-state index contributed by atoms with van der Waals surface area (Å²) in [5, 5.41) is 2.76. The molecular weight excluding hydrogens is 324 g/mol. The molecule has 0 saturated carbocycles. The van der Waals surface area contributed by atoms with Gasteiger partial charge in [-0.2, -0.15) is 0 Å². The standard InChI is InChI=1S/C15H20N2O5.ClH/c16-11-6-13-14(22-9-21-13)7-12(11)17-15(18)3-5-19-8-10-2-1-4-20-10;/h6-7,10H,1-5,8-9,16H2,(H,17,18);1H. The first kappa shape index (κ1) is 17.7. The Morgan fingerprint density at radius 1 is 1.35 bits per heavy atom. The number of hydrogen-bond acceptors (Lipinski definition) is 6. The summed E-state index contributed by atoms with van der Waals surface area (Å²) >= 11 is 0. The third kappa shape index (κ3) is 4.63. The Morgan fingerprint density at radius 3 is 2.87 bits per heavy atom. The zero-order valence-corrected chi connectivity index (χ0v) is 13.5. The fourth-order valence-corrected chi connectivity index (χ4v) is 2.43. The van der Waals surface area contributed by atoms with Crippen LogP contribution in [-0.2, 0) is 14.3 Å². The van der Waals surface area contributed by atoms with E-state index in [1.165, 1.54) is 0 Å². The summed E-state index contributed by atoms with van der Waals surface area (Å²) in [6, 6.07) is 3.31. The molecular formula is C15H21ClN2O5. The Labute approximate surface area is 140 Å². The first-order chi connectivity index (χ1) is 10.7. The molecule has 7 nitrogen and oxygen atoms in total. The van der Waals surface area contributed by atoms with Gasteiger partial charge in [-0.1, -0.05) is 0 Å². The highest BCUT2D eigenvalue weighted by Crippen LogP contribution is 2.38. The van der Waals surface area contributed by atoms with Gasteiger partial charge in [0.15, 0.2) is 11.5 Å². The van der Waals surface area contributed by atoms with Crippen LogP contribution in [-0.4, -0.2) is 38.6 Å². The zero-order chi connectivity index (χ0) is 15.4. The van der Waals surface area contributed by atoms with Gasteiger partial charge in [-0.05, 0) is 12.8 Å². The van der Waals surface area contributed by atoms with Gasteiger partial charge in [-0.25, -0.2) is 0 Å². The van der Waals surface area contributed by atoms with E-state index < -0.39 is 0 Å². The largest absolute Gasteiger partial charge is 0.454 e. The van der Waals surface area contributed by atoms with E-state index >= 15 is 0 Å². The molecule has 0 aliphatic carbocycles. The minimum Gasteiger partial charge on any atom is -0.454 e. The fourth-order valence-electron chi connectivity index (χ4n) is 2.43. The summed E-state index contributed by atoms with van der Waals surface area (Å²) in [5.41, 5.74) is 6.85. The minimum atomic E-state index is -0.155. The van der Waals surface area contributed by atoms with Crippen LogP contribution in [0.5, 0.6) is 11.5 Å². The molecule has 1 fully saturated rings. The molecule has 2 heterocycles. The monoisotopic (exact) mass is 344 g/mol. The molecule has 1 unspecified atom stereocenters. The number of nitrogens with two attached hydrogens (primary N) is 1. The zero-order valence-electron chi connectivity index (χ0n) is 12.7. The van der Waals surface area contributed by atoms with Crippen molar-refractivity contribution in [1.29, 1.82) is 0 Å². The van der Waals surface area contributed by atoms with E-state index in [0.717, 1.165) is 19.4 Å². The molecule has 8 heteroatoms. The lowest BCUT2D eigenvalue weighted by atomic mass is 10.2. The van der Waals surface area contributed by atoms with E-state index in [0.29, 0.717) is 36.1 Å².